The van der Waals surface area contributed by atoms with Crippen molar-refractivity contribution < 1.29 is 93.8 Å². The molecular weight excluding hydrogens is 784 g/mol. The van der Waals surface area contributed by atoms with E-state index in [0.29, 0.717) is 6.42 Å². The Kier molecular flexibility index (Phi) is 20.5. The van der Waals surface area contributed by atoms with Crippen LogP contribution in [-0.4, -0.2) is 186 Å². The SMILES string of the molecule is CCCCC[C@@H](CCCCCCCCCC(=O)O)O[C@@H]1O[C@@H](C)[C@H](O[C@@H]2O[C@@H](C)[C@H](O[C@@H]3O[C@@H](C)[C@H](O[C@@H]4O[C@@H](C)[C@H](O)[C@@H](O)[C@H]4O)[C@@H](O)[C@H]3O)[C@@H](O)[C@H]2O)[C@@H](O)[C@H]1O. The number of hydrogen-bond donors (Lipinski definition) is 10. The van der Waals surface area contributed by atoms with Gasteiger partial charge in [0.25, 0.3) is 0 Å². The van der Waals surface area contributed by atoms with Gasteiger partial charge in [0.15, 0.2) is 25.2 Å². The first-order valence-corrected chi connectivity index (χ1v) is 21.5. The molecule has 0 saturated carbocycles. The van der Waals surface area contributed by atoms with Crippen molar-refractivity contribution in [1.29, 1.82) is 0 Å². The Bertz CT molecular complexity index is 1220. The fraction of sp³-hybridized carbons (Fsp3) is 0.975. The third-order valence-corrected chi connectivity index (χ3v) is 11.9. The number of aliphatic hydroxyl groups excluding tert-OH is 9. The smallest absolute Gasteiger partial charge is 0.303 e. The second-order valence-corrected chi connectivity index (χ2v) is 16.7. The predicted octanol–water partition coefficient (Wildman–Crippen LogP) is -0.0697. The molecular formula is C40H72O19. The van der Waals surface area contributed by atoms with Gasteiger partial charge in [0.2, 0.25) is 0 Å². The van der Waals surface area contributed by atoms with E-state index in [0.717, 1.165) is 70.6 Å². The molecule has 10 N–H and O–H groups in total. The van der Waals surface area contributed by atoms with E-state index in [-0.39, 0.29) is 12.5 Å². The normalized spacial score (nSPS) is 43.7. The first kappa shape index (κ1) is 50.4. The average molecular weight is 857 g/mol. The van der Waals surface area contributed by atoms with Crippen molar-refractivity contribution in [3.63, 3.8) is 0 Å². The molecule has 0 aromatic heterocycles. The van der Waals surface area contributed by atoms with E-state index >= 15 is 0 Å². The Morgan fingerprint density at radius 2 is 0.814 bits per heavy atom. The number of carboxylic acids is 1. The van der Waals surface area contributed by atoms with Crippen LogP contribution >= 0.6 is 0 Å². The molecule has 4 aliphatic heterocycles. The minimum absolute atomic E-state index is 0.198. The number of ether oxygens (including phenoxy) is 8. The topological polar surface area (TPSA) is 293 Å². The molecule has 4 rings (SSSR count). The van der Waals surface area contributed by atoms with Gasteiger partial charge in [-0.3, -0.25) is 4.79 Å². The highest BCUT2D eigenvalue weighted by Gasteiger charge is 2.53. The molecule has 0 radical (unpaired) electrons. The molecule has 0 amide bonds. The number of aliphatic carboxylic acids is 1. The zero-order valence-electron chi connectivity index (χ0n) is 35.0. The van der Waals surface area contributed by atoms with Crippen LogP contribution in [0.3, 0.4) is 0 Å². The van der Waals surface area contributed by atoms with Crippen LogP contribution in [0.25, 0.3) is 0 Å². The van der Waals surface area contributed by atoms with Crippen LogP contribution in [0.5, 0.6) is 0 Å². The number of rotatable bonds is 22. The number of carbonyl (C=O) groups is 1. The summed E-state index contributed by atoms with van der Waals surface area (Å²) in [6, 6.07) is 0. The van der Waals surface area contributed by atoms with Crippen LogP contribution < -0.4 is 0 Å². The van der Waals surface area contributed by atoms with Crippen molar-refractivity contribution in [2.45, 2.75) is 247 Å². The molecule has 21 atom stereocenters. The Morgan fingerprint density at radius 3 is 1.25 bits per heavy atom. The van der Waals surface area contributed by atoms with Crippen molar-refractivity contribution in [2.75, 3.05) is 0 Å². The summed E-state index contributed by atoms with van der Waals surface area (Å²) in [5.74, 6) is -0.768. The lowest BCUT2D eigenvalue weighted by Crippen LogP contribution is -2.66. The minimum atomic E-state index is -1.76. The van der Waals surface area contributed by atoms with E-state index in [9.17, 15) is 50.8 Å². The quantitative estimate of drug-likeness (QED) is 0.0638. The molecule has 4 saturated heterocycles. The van der Waals surface area contributed by atoms with Crippen LogP contribution in [-0.2, 0) is 42.7 Å². The molecule has 19 heteroatoms. The summed E-state index contributed by atoms with van der Waals surface area (Å²) in [5.41, 5.74) is 0. The molecule has 0 unspecified atom stereocenters. The van der Waals surface area contributed by atoms with E-state index in [1.54, 1.807) is 6.92 Å². The van der Waals surface area contributed by atoms with E-state index in [1.165, 1.54) is 20.8 Å². The molecule has 0 aliphatic carbocycles. The molecule has 0 aromatic rings. The first-order valence-electron chi connectivity index (χ1n) is 21.5. The fourth-order valence-corrected chi connectivity index (χ4v) is 8.13. The van der Waals surface area contributed by atoms with E-state index in [2.05, 4.69) is 6.92 Å². The Balaban J connectivity index is 1.27. The van der Waals surface area contributed by atoms with Gasteiger partial charge in [0, 0.05) is 6.42 Å². The Morgan fingerprint density at radius 1 is 0.458 bits per heavy atom. The molecule has 4 heterocycles. The summed E-state index contributed by atoms with van der Waals surface area (Å²) in [5, 5.41) is 106. The van der Waals surface area contributed by atoms with Crippen molar-refractivity contribution in [2.24, 2.45) is 0 Å². The third-order valence-electron chi connectivity index (χ3n) is 11.9. The maximum atomic E-state index is 11.2. The van der Waals surface area contributed by atoms with E-state index in [4.69, 9.17) is 43.0 Å². The van der Waals surface area contributed by atoms with Crippen molar-refractivity contribution >= 4 is 5.97 Å². The second kappa shape index (κ2) is 24.0. The lowest BCUT2D eigenvalue weighted by atomic mass is 9.96. The van der Waals surface area contributed by atoms with Gasteiger partial charge in [0.05, 0.1) is 30.5 Å². The summed E-state index contributed by atoms with van der Waals surface area (Å²) >= 11 is 0. The standard InChI is InChI=1S/C40H72O19/c1-6-7-13-16-23(17-14-11-9-8-10-12-15-18-24(41)42)56-37-31(49)27(45)34(20(3)53-37)58-39-33(51)29(47)36(22(5)55-39)59-40-32(50)28(46)35(21(4)54-40)57-38-30(48)26(44)25(43)19(2)52-38/h19-23,25-40,43-51H,6-18H2,1-5H3,(H,41,42)/t19-,20-,21-,22-,23-,25-,26+,27-,28-,29-,30+,31+,32+,33+,34-,35-,36-,37-,38-,39-,40-/m0/s1. The minimum Gasteiger partial charge on any atom is -0.481 e. The molecule has 0 bridgehead atoms. The summed E-state index contributed by atoms with van der Waals surface area (Å²) in [7, 11) is 0. The highest BCUT2D eigenvalue weighted by molar-refractivity contribution is 5.66. The van der Waals surface area contributed by atoms with Crippen molar-refractivity contribution in [3.05, 3.63) is 0 Å². The van der Waals surface area contributed by atoms with Crippen LogP contribution in [0.2, 0.25) is 0 Å². The zero-order chi connectivity index (χ0) is 43.6. The van der Waals surface area contributed by atoms with Gasteiger partial charge in [-0.1, -0.05) is 64.7 Å². The Labute approximate surface area is 346 Å². The van der Waals surface area contributed by atoms with Crippen LogP contribution in [0.4, 0.5) is 0 Å². The monoisotopic (exact) mass is 856 g/mol. The van der Waals surface area contributed by atoms with E-state index in [1.807, 2.05) is 0 Å². The number of hydrogen-bond acceptors (Lipinski definition) is 18. The summed E-state index contributed by atoms with van der Waals surface area (Å²) in [6.07, 6.45) is -16.8. The largest absolute Gasteiger partial charge is 0.481 e. The fourth-order valence-electron chi connectivity index (χ4n) is 8.13. The molecule has 4 aliphatic rings. The van der Waals surface area contributed by atoms with Crippen molar-refractivity contribution in [1.82, 2.24) is 0 Å². The summed E-state index contributed by atoms with van der Waals surface area (Å²) in [6.45, 7) is 8.19. The van der Waals surface area contributed by atoms with Crippen LogP contribution in [0.1, 0.15) is 118 Å². The van der Waals surface area contributed by atoms with E-state index < -0.39 is 129 Å². The van der Waals surface area contributed by atoms with Gasteiger partial charge >= 0.3 is 5.97 Å². The van der Waals surface area contributed by atoms with Gasteiger partial charge in [-0.15, -0.1) is 0 Å². The maximum absolute atomic E-state index is 11.2. The molecule has 4 fully saturated rings. The van der Waals surface area contributed by atoms with Gasteiger partial charge < -0.3 is 89.0 Å². The van der Waals surface area contributed by atoms with Crippen LogP contribution in [0.15, 0.2) is 0 Å². The van der Waals surface area contributed by atoms with Gasteiger partial charge in [-0.2, -0.15) is 0 Å². The highest BCUT2D eigenvalue weighted by atomic mass is 16.8. The third kappa shape index (κ3) is 13.6. The van der Waals surface area contributed by atoms with Crippen LogP contribution in [0, 0.1) is 0 Å². The molecule has 0 spiro atoms. The van der Waals surface area contributed by atoms with Gasteiger partial charge in [-0.25, -0.2) is 0 Å². The predicted molar refractivity (Wildman–Crippen MR) is 204 cm³/mol. The molecule has 59 heavy (non-hydrogen) atoms. The average Bonchev–Trinajstić information content (AvgIpc) is 3.19. The molecule has 19 nitrogen and oxygen atoms in total. The zero-order valence-corrected chi connectivity index (χ0v) is 35.0. The van der Waals surface area contributed by atoms with Gasteiger partial charge in [0.1, 0.15) is 73.2 Å². The Hall–Kier alpha value is -1.21. The van der Waals surface area contributed by atoms with Gasteiger partial charge in [-0.05, 0) is 47.0 Å². The second-order valence-electron chi connectivity index (χ2n) is 16.7. The maximum Gasteiger partial charge on any atom is 0.303 e. The number of carboxylic acid groups (broad SMARTS) is 1. The first-order chi connectivity index (χ1) is 28.0. The number of unbranched alkanes of at least 4 members (excludes halogenated alkanes) is 8. The summed E-state index contributed by atoms with van der Waals surface area (Å²) in [4.78, 5) is 10.7. The highest BCUT2D eigenvalue weighted by Crippen LogP contribution is 2.35. The summed E-state index contributed by atoms with van der Waals surface area (Å²) < 4.78 is 46.9. The molecule has 346 valence electrons. The molecule has 0 aromatic carbocycles. The lowest BCUT2D eigenvalue weighted by molar-refractivity contribution is -0.382. The van der Waals surface area contributed by atoms with Crippen molar-refractivity contribution in [3.8, 4) is 0 Å². The number of aliphatic hydroxyl groups is 9. The lowest BCUT2D eigenvalue weighted by Gasteiger charge is -2.48.